The van der Waals surface area contributed by atoms with Crippen molar-refractivity contribution in [1.29, 1.82) is 0 Å². The van der Waals surface area contributed by atoms with E-state index in [-0.39, 0.29) is 0 Å². The third kappa shape index (κ3) is 1.34. The number of aliphatic carboxylic acids is 1. The van der Waals surface area contributed by atoms with E-state index >= 15 is 0 Å². The van der Waals surface area contributed by atoms with Gasteiger partial charge in [-0.25, -0.2) is 4.79 Å². The van der Waals surface area contributed by atoms with Gasteiger partial charge in [-0.15, -0.1) is 0 Å². The van der Waals surface area contributed by atoms with Gasteiger partial charge in [0.1, 0.15) is 0 Å². The van der Waals surface area contributed by atoms with E-state index in [1.165, 1.54) is 37.7 Å². The van der Waals surface area contributed by atoms with E-state index in [9.17, 15) is 4.79 Å². The molecule has 4 aliphatic rings. The molecule has 2 nitrogen and oxygen atoms in total. The van der Waals surface area contributed by atoms with Gasteiger partial charge in [0.15, 0.2) is 0 Å². The van der Waals surface area contributed by atoms with Crippen molar-refractivity contribution in [2.75, 3.05) is 0 Å². The second kappa shape index (κ2) is 3.10. The van der Waals surface area contributed by atoms with Crippen LogP contribution in [0.2, 0.25) is 0 Å². The summed E-state index contributed by atoms with van der Waals surface area (Å²) in [4.78, 5) is 11.1. The number of carbonyl (C=O) groups is 1. The molecule has 0 unspecified atom stereocenters. The highest BCUT2D eigenvalue weighted by Crippen LogP contribution is 2.56. The molecule has 0 aromatic carbocycles. The van der Waals surface area contributed by atoms with Crippen molar-refractivity contribution < 1.29 is 9.90 Å². The maximum Gasteiger partial charge on any atom is 0.331 e. The maximum atomic E-state index is 11.1. The molecule has 4 rings (SSSR count). The van der Waals surface area contributed by atoms with Crippen LogP contribution in [-0.2, 0) is 4.79 Å². The first kappa shape index (κ1) is 9.44. The van der Waals surface area contributed by atoms with Crippen molar-refractivity contribution >= 4 is 5.97 Å². The van der Waals surface area contributed by atoms with Crippen molar-refractivity contribution in [3.8, 4) is 0 Å². The Morgan fingerprint density at radius 2 is 1.53 bits per heavy atom. The van der Waals surface area contributed by atoms with E-state index in [0.717, 1.165) is 11.8 Å². The topological polar surface area (TPSA) is 37.3 Å². The predicted octanol–water partition coefficient (Wildman–Crippen LogP) is 2.84. The van der Waals surface area contributed by atoms with Crippen molar-refractivity contribution in [3.05, 3.63) is 11.1 Å². The predicted molar refractivity (Wildman–Crippen MR) is 57.4 cm³/mol. The molecule has 4 fully saturated rings. The number of carboxylic acids is 1. The molecule has 4 aliphatic carbocycles. The average molecular weight is 206 g/mol. The minimum Gasteiger partial charge on any atom is -0.478 e. The summed E-state index contributed by atoms with van der Waals surface area (Å²) in [6.45, 7) is 1.81. The van der Waals surface area contributed by atoms with Gasteiger partial charge in [0.2, 0.25) is 0 Å². The maximum absolute atomic E-state index is 11.1. The van der Waals surface area contributed by atoms with Gasteiger partial charge >= 0.3 is 5.97 Å². The second-order valence-corrected chi connectivity index (χ2v) is 5.69. The number of hydrogen-bond acceptors (Lipinski definition) is 1. The highest BCUT2D eigenvalue weighted by molar-refractivity contribution is 5.87. The first-order valence-corrected chi connectivity index (χ1v) is 6.09. The van der Waals surface area contributed by atoms with E-state index in [4.69, 9.17) is 5.11 Å². The minimum absolute atomic E-state index is 0.623. The molecule has 0 amide bonds. The Hall–Kier alpha value is -0.790. The summed E-state index contributed by atoms with van der Waals surface area (Å²) in [5.41, 5.74) is 1.97. The first-order chi connectivity index (χ1) is 7.15. The Bertz CT molecular complexity index is 310. The molecular weight excluding hydrogens is 188 g/mol. The Balaban J connectivity index is 1.98. The summed E-state index contributed by atoms with van der Waals surface area (Å²) in [5, 5.41) is 9.11. The molecule has 0 aliphatic heterocycles. The highest BCUT2D eigenvalue weighted by Gasteiger charge is 2.46. The molecule has 1 N–H and O–H groups in total. The Morgan fingerprint density at radius 1 is 1.07 bits per heavy atom. The van der Waals surface area contributed by atoms with Crippen molar-refractivity contribution in [2.24, 2.45) is 23.7 Å². The number of rotatable bonds is 1. The van der Waals surface area contributed by atoms with Crippen LogP contribution in [0, 0.1) is 23.7 Å². The zero-order valence-corrected chi connectivity index (χ0v) is 9.20. The quantitative estimate of drug-likeness (QED) is 0.670. The molecule has 82 valence electrons. The summed E-state index contributed by atoms with van der Waals surface area (Å²) < 4.78 is 0. The molecule has 4 saturated carbocycles. The van der Waals surface area contributed by atoms with Gasteiger partial charge < -0.3 is 5.11 Å². The lowest BCUT2D eigenvalue weighted by atomic mass is 9.53. The third-order valence-electron chi connectivity index (χ3n) is 4.77. The Kier molecular flexibility index (Phi) is 1.95. The number of hydrogen-bond donors (Lipinski definition) is 1. The van der Waals surface area contributed by atoms with E-state index < -0.39 is 5.97 Å². The average Bonchev–Trinajstić information content (AvgIpc) is 2.15. The largest absolute Gasteiger partial charge is 0.478 e. The minimum atomic E-state index is -0.697. The first-order valence-electron chi connectivity index (χ1n) is 6.09. The fourth-order valence-corrected chi connectivity index (χ4v) is 4.43. The van der Waals surface area contributed by atoms with Crippen LogP contribution < -0.4 is 0 Å². The molecule has 0 aromatic heterocycles. The van der Waals surface area contributed by atoms with Crippen molar-refractivity contribution in [2.45, 2.75) is 39.0 Å². The van der Waals surface area contributed by atoms with Crippen LogP contribution in [0.3, 0.4) is 0 Å². The van der Waals surface area contributed by atoms with E-state index in [2.05, 4.69) is 0 Å². The summed E-state index contributed by atoms with van der Waals surface area (Å²) >= 11 is 0. The molecule has 2 heteroatoms. The molecule has 15 heavy (non-hydrogen) atoms. The molecule has 0 atom stereocenters. The van der Waals surface area contributed by atoms with Crippen molar-refractivity contribution in [1.82, 2.24) is 0 Å². The van der Waals surface area contributed by atoms with E-state index in [1.54, 1.807) is 6.92 Å². The molecule has 0 saturated heterocycles. The Morgan fingerprint density at radius 3 is 1.93 bits per heavy atom. The van der Waals surface area contributed by atoms with Gasteiger partial charge in [-0.05, 0) is 62.7 Å². The Labute approximate surface area is 90.4 Å². The van der Waals surface area contributed by atoms with Crippen LogP contribution in [0.15, 0.2) is 11.1 Å². The van der Waals surface area contributed by atoms with Gasteiger partial charge in [-0.2, -0.15) is 0 Å². The number of allylic oxidation sites excluding steroid dienone is 1. The molecule has 4 bridgehead atoms. The SMILES string of the molecule is CC(C(=O)O)=C1C2CC3CC(C2)CC1C3. The van der Waals surface area contributed by atoms with Crippen LogP contribution in [0.4, 0.5) is 0 Å². The van der Waals surface area contributed by atoms with Crippen LogP contribution in [-0.4, -0.2) is 11.1 Å². The molecular formula is C13H18O2. The van der Waals surface area contributed by atoms with E-state index in [0.29, 0.717) is 17.4 Å². The third-order valence-corrected chi connectivity index (χ3v) is 4.77. The lowest BCUT2D eigenvalue weighted by molar-refractivity contribution is -0.132. The van der Waals surface area contributed by atoms with Crippen LogP contribution >= 0.6 is 0 Å². The van der Waals surface area contributed by atoms with Gasteiger partial charge in [0.05, 0.1) is 0 Å². The fraction of sp³-hybridized carbons (Fsp3) is 0.769. The van der Waals surface area contributed by atoms with Crippen molar-refractivity contribution in [3.63, 3.8) is 0 Å². The lowest BCUT2D eigenvalue weighted by Crippen LogP contribution is -2.41. The highest BCUT2D eigenvalue weighted by atomic mass is 16.4. The van der Waals surface area contributed by atoms with Gasteiger partial charge in [-0.3, -0.25) is 0 Å². The van der Waals surface area contributed by atoms with Gasteiger partial charge in [-0.1, -0.05) is 5.57 Å². The van der Waals surface area contributed by atoms with Gasteiger partial charge in [0.25, 0.3) is 0 Å². The molecule has 0 aromatic rings. The van der Waals surface area contributed by atoms with E-state index in [1.807, 2.05) is 0 Å². The smallest absolute Gasteiger partial charge is 0.331 e. The van der Waals surface area contributed by atoms with Crippen LogP contribution in [0.1, 0.15) is 39.0 Å². The standard InChI is InChI=1S/C13H18O2/c1-7(13(14)15)12-10-3-8-2-9(5-10)6-11(12)4-8/h8-11H,2-6H2,1H3,(H,14,15). The summed E-state index contributed by atoms with van der Waals surface area (Å²) in [6, 6.07) is 0. The summed E-state index contributed by atoms with van der Waals surface area (Å²) in [7, 11) is 0. The van der Waals surface area contributed by atoms with Crippen LogP contribution in [0.5, 0.6) is 0 Å². The molecule has 0 heterocycles. The summed E-state index contributed by atoms with van der Waals surface area (Å²) in [6.07, 6.45) is 6.51. The normalized spacial score (nSPS) is 42.1. The van der Waals surface area contributed by atoms with Crippen LogP contribution in [0.25, 0.3) is 0 Å². The lowest BCUT2D eigenvalue weighted by Gasteiger charge is -2.51. The molecule has 0 spiro atoms. The summed E-state index contributed by atoms with van der Waals surface area (Å²) in [5.74, 6) is 2.38. The molecule has 0 radical (unpaired) electrons. The van der Waals surface area contributed by atoms with Gasteiger partial charge in [0, 0.05) is 5.57 Å². The zero-order chi connectivity index (χ0) is 10.6. The zero-order valence-electron chi connectivity index (χ0n) is 9.20. The monoisotopic (exact) mass is 206 g/mol. The second-order valence-electron chi connectivity index (χ2n) is 5.69. The fourth-order valence-electron chi connectivity index (χ4n) is 4.43. The number of carboxylic acid groups (broad SMARTS) is 1.